The number of benzene rings is 1. The van der Waals surface area contributed by atoms with Crippen molar-refractivity contribution in [1.29, 1.82) is 0 Å². The Kier molecular flexibility index (Phi) is 8.39. The van der Waals surface area contributed by atoms with Crippen molar-refractivity contribution in [3.8, 4) is 5.75 Å². The Labute approximate surface area is 142 Å². The van der Waals surface area contributed by atoms with Gasteiger partial charge in [-0.3, -0.25) is 0 Å². The van der Waals surface area contributed by atoms with Gasteiger partial charge < -0.3 is 19.9 Å². The fraction of sp³-hybridized carbons (Fsp3) is 0.444. The van der Waals surface area contributed by atoms with Crippen LogP contribution in [-0.4, -0.2) is 36.9 Å². The highest BCUT2D eigenvalue weighted by Gasteiger charge is 2.03. The topological polar surface area (TPSA) is 84.9 Å². The largest absolute Gasteiger partial charge is 0.490 e. The molecule has 1 aromatic carbocycles. The average molecular weight is 335 g/mol. The highest BCUT2D eigenvalue weighted by Crippen LogP contribution is 2.18. The molecule has 0 bridgehead atoms. The van der Waals surface area contributed by atoms with Gasteiger partial charge in [0.25, 0.3) is 0 Å². The molecule has 0 aliphatic heterocycles. The highest BCUT2D eigenvalue weighted by atomic mass is 16.6. The SMILES string of the molecule is CC(=CCCNC(=O)OCCOc1ccc(C(C)C)cc1)C(=O)O. The summed E-state index contributed by atoms with van der Waals surface area (Å²) >= 11 is 0. The maximum Gasteiger partial charge on any atom is 0.407 e. The minimum Gasteiger partial charge on any atom is -0.490 e. The monoisotopic (exact) mass is 335 g/mol. The van der Waals surface area contributed by atoms with Crippen LogP contribution in [0.15, 0.2) is 35.9 Å². The van der Waals surface area contributed by atoms with Crippen LogP contribution in [0.4, 0.5) is 4.79 Å². The lowest BCUT2D eigenvalue weighted by atomic mass is 10.0. The van der Waals surface area contributed by atoms with Crippen LogP contribution in [0.3, 0.4) is 0 Å². The number of carboxylic acids is 1. The van der Waals surface area contributed by atoms with E-state index >= 15 is 0 Å². The molecule has 1 aromatic rings. The summed E-state index contributed by atoms with van der Waals surface area (Å²) in [4.78, 5) is 22.0. The molecule has 0 fully saturated rings. The molecule has 0 atom stereocenters. The molecule has 0 spiro atoms. The number of alkyl carbamates (subject to hydrolysis) is 1. The molecular formula is C18H25NO5. The van der Waals surface area contributed by atoms with Crippen molar-refractivity contribution in [2.45, 2.75) is 33.1 Å². The lowest BCUT2D eigenvalue weighted by molar-refractivity contribution is -0.132. The molecule has 132 valence electrons. The predicted octanol–water partition coefficient (Wildman–Crippen LogP) is 3.34. The lowest BCUT2D eigenvalue weighted by Crippen LogP contribution is -2.26. The van der Waals surface area contributed by atoms with Crippen molar-refractivity contribution in [3.63, 3.8) is 0 Å². The van der Waals surface area contributed by atoms with Crippen LogP contribution in [0, 0.1) is 0 Å². The second-order valence-electron chi connectivity index (χ2n) is 5.62. The normalized spacial score (nSPS) is 11.2. The van der Waals surface area contributed by atoms with E-state index in [0.29, 0.717) is 18.9 Å². The third-order valence-electron chi connectivity index (χ3n) is 3.33. The highest BCUT2D eigenvalue weighted by molar-refractivity contribution is 5.85. The molecule has 0 radical (unpaired) electrons. The molecule has 0 saturated heterocycles. The first-order valence-electron chi connectivity index (χ1n) is 7.93. The van der Waals surface area contributed by atoms with Gasteiger partial charge in [-0.15, -0.1) is 0 Å². The van der Waals surface area contributed by atoms with Gasteiger partial charge in [-0.05, 0) is 37.0 Å². The van der Waals surface area contributed by atoms with Crippen molar-refractivity contribution < 1.29 is 24.2 Å². The summed E-state index contributed by atoms with van der Waals surface area (Å²) in [6, 6.07) is 7.82. The number of hydrogen-bond acceptors (Lipinski definition) is 4. The second kappa shape index (κ2) is 10.3. The molecule has 6 heteroatoms. The third-order valence-corrected chi connectivity index (χ3v) is 3.33. The molecule has 1 rings (SSSR count). The van der Waals surface area contributed by atoms with Crippen LogP contribution in [0.1, 0.15) is 38.7 Å². The number of carboxylic acid groups (broad SMARTS) is 1. The van der Waals surface area contributed by atoms with Gasteiger partial charge in [0.05, 0.1) is 0 Å². The number of hydrogen-bond donors (Lipinski definition) is 2. The first-order valence-corrected chi connectivity index (χ1v) is 7.93. The van der Waals surface area contributed by atoms with Crippen LogP contribution in [0.2, 0.25) is 0 Å². The molecule has 0 heterocycles. The molecule has 0 aromatic heterocycles. The van der Waals surface area contributed by atoms with E-state index in [1.54, 1.807) is 6.08 Å². The van der Waals surface area contributed by atoms with Crippen molar-refractivity contribution in [2.24, 2.45) is 0 Å². The lowest BCUT2D eigenvalue weighted by Gasteiger charge is -2.09. The zero-order valence-electron chi connectivity index (χ0n) is 14.4. The van der Waals surface area contributed by atoms with Crippen molar-refractivity contribution in [2.75, 3.05) is 19.8 Å². The van der Waals surface area contributed by atoms with Gasteiger partial charge >= 0.3 is 12.1 Å². The van der Waals surface area contributed by atoms with Gasteiger partial charge in [0.15, 0.2) is 0 Å². The summed E-state index contributed by atoms with van der Waals surface area (Å²) in [5.74, 6) is 0.244. The van der Waals surface area contributed by atoms with Crippen LogP contribution >= 0.6 is 0 Å². The Morgan fingerprint density at radius 1 is 1.21 bits per heavy atom. The summed E-state index contributed by atoms with van der Waals surface area (Å²) in [5.41, 5.74) is 1.49. The van der Waals surface area contributed by atoms with E-state index in [9.17, 15) is 9.59 Å². The standard InChI is InChI=1S/C18H25NO5/c1-13(2)15-6-8-16(9-7-15)23-11-12-24-18(22)19-10-4-5-14(3)17(20)21/h5-9,13H,4,10-12H2,1-3H3,(H,19,22)(H,20,21). The van der Waals surface area contributed by atoms with E-state index in [4.69, 9.17) is 14.6 Å². The number of nitrogens with one attached hydrogen (secondary N) is 1. The summed E-state index contributed by atoms with van der Waals surface area (Å²) in [6.07, 6.45) is 1.44. The Morgan fingerprint density at radius 2 is 1.88 bits per heavy atom. The molecule has 6 nitrogen and oxygen atoms in total. The third kappa shape index (κ3) is 7.67. The molecule has 0 saturated carbocycles. The van der Waals surface area contributed by atoms with Crippen molar-refractivity contribution >= 4 is 12.1 Å². The minimum absolute atomic E-state index is 0.141. The number of ether oxygens (including phenoxy) is 2. The summed E-state index contributed by atoms with van der Waals surface area (Å²) < 4.78 is 10.5. The molecule has 0 aliphatic carbocycles. The van der Waals surface area contributed by atoms with Gasteiger partial charge in [-0.1, -0.05) is 32.1 Å². The summed E-state index contributed by atoms with van der Waals surface area (Å²) in [5, 5.41) is 11.2. The molecule has 1 amide bonds. The summed E-state index contributed by atoms with van der Waals surface area (Å²) in [7, 11) is 0. The Bertz CT molecular complexity index is 563. The van der Waals surface area contributed by atoms with E-state index in [-0.39, 0.29) is 18.8 Å². The second-order valence-corrected chi connectivity index (χ2v) is 5.62. The van der Waals surface area contributed by atoms with Gasteiger partial charge in [-0.2, -0.15) is 0 Å². The molecule has 0 unspecified atom stereocenters. The quantitative estimate of drug-likeness (QED) is 0.534. The Hall–Kier alpha value is -2.50. The first-order chi connectivity index (χ1) is 11.4. The van der Waals surface area contributed by atoms with Gasteiger partial charge in [0.1, 0.15) is 19.0 Å². The van der Waals surface area contributed by atoms with Gasteiger partial charge in [0.2, 0.25) is 0 Å². The molecule has 24 heavy (non-hydrogen) atoms. The fourth-order valence-corrected chi connectivity index (χ4v) is 1.84. The van der Waals surface area contributed by atoms with E-state index in [0.717, 1.165) is 5.75 Å². The van der Waals surface area contributed by atoms with E-state index in [1.165, 1.54) is 12.5 Å². The summed E-state index contributed by atoms with van der Waals surface area (Å²) in [6.45, 7) is 6.49. The smallest absolute Gasteiger partial charge is 0.407 e. The van der Waals surface area contributed by atoms with Crippen molar-refractivity contribution in [1.82, 2.24) is 5.32 Å². The molecule has 2 N–H and O–H groups in total. The molecule has 0 aliphatic rings. The number of carbonyl (C=O) groups is 2. The van der Waals surface area contributed by atoms with Crippen LogP contribution < -0.4 is 10.1 Å². The Morgan fingerprint density at radius 3 is 2.46 bits per heavy atom. The zero-order chi connectivity index (χ0) is 17.9. The van der Waals surface area contributed by atoms with Crippen LogP contribution in [0.25, 0.3) is 0 Å². The zero-order valence-corrected chi connectivity index (χ0v) is 14.4. The van der Waals surface area contributed by atoms with E-state index < -0.39 is 12.1 Å². The van der Waals surface area contributed by atoms with E-state index in [1.807, 2.05) is 24.3 Å². The van der Waals surface area contributed by atoms with Gasteiger partial charge in [-0.25, -0.2) is 9.59 Å². The number of rotatable bonds is 9. The number of amides is 1. The maximum absolute atomic E-state index is 11.4. The predicted molar refractivity (Wildman–Crippen MR) is 91.4 cm³/mol. The van der Waals surface area contributed by atoms with Crippen LogP contribution in [-0.2, 0) is 9.53 Å². The molecular weight excluding hydrogens is 310 g/mol. The number of carbonyl (C=O) groups excluding carboxylic acids is 1. The maximum atomic E-state index is 11.4. The van der Waals surface area contributed by atoms with E-state index in [2.05, 4.69) is 19.2 Å². The number of aliphatic carboxylic acids is 1. The van der Waals surface area contributed by atoms with Gasteiger partial charge in [0, 0.05) is 12.1 Å². The fourth-order valence-electron chi connectivity index (χ4n) is 1.84. The Balaban J connectivity index is 2.15. The average Bonchev–Trinajstić information content (AvgIpc) is 2.55. The van der Waals surface area contributed by atoms with Crippen molar-refractivity contribution in [3.05, 3.63) is 41.5 Å². The minimum atomic E-state index is -0.962. The van der Waals surface area contributed by atoms with Crippen LogP contribution in [0.5, 0.6) is 5.75 Å². The first kappa shape index (κ1) is 19.5.